The molecule has 38 heavy (non-hydrogen) atoms. The maximum absolute atomic E-state index is 14.9. The van der Waals surface area contributed by atoms with Crippen molar-refractivity contribution in [3.8, 4) is 34.0 Å². The number of aliphatic carboxylic acids is 1. The number of rotatable bonds is 7. The third-order valence-corrected chi connectivity index (χ3v) is 6.63. The molecule has 0 aliphatic carbocycles. The van der Waals surface area contributed by atoms with Gasteiger partial charge in [0, 0.05) is 23.2 Å². The van der Waals surface area contributed by atoms with Gasteiger partial charge >= 0.3 is 12.1 Å². The molecule has 0 radical (unpaired) electrons. The standard InChI is InChI=1S/C28H25F4N3O3/c1-16-7-5-6-8-20(16)21-12-11-18(13-22(21)28(30,31)32)25-33-24(34-38-25)17-9-10-19(23(29)14-17)15-35(4)27(2,3)26(36)37/h5-14H,15H2,1-4H3,(H,36,37). The van der Waals surface area contributed by atoms with Crippen molar-refractivity contribution in [1.82, 2.24) is 15.0 Å². The van der Waals surface area contributed by atoms with E-state index >= 15 is 0 Å². The van der Waals surface area contributed by atoms with E-state index < -0.39 is 29.1 Å². The third kappa shape index (κ3) is 5.31. The zero-order chi connectivity index (χ0) is 27.8. The number of carbonyl (C=O) groups is 1. The summed E-state index contributed by atoms with van der Waals surface area (Å²) in [7, 11) is 1.58. The molecule has 0 saturated heterocycles. The predicted molar refractivity (Wildman–Crippen MR) is 133 cm³/mol. The van der Waals surface area contributed by atoms with Crippen LogP contribution in [0.5, 0.6) is 0 Å². The summed E-state index contributed by atoms with van der Waals surface area (Å²) in [4.78, 5) is 17.1. The van der Waals surface area contributed by atoms with E-state index in [1.54, 1.807) is 38.2 Å². The smallest absolute Gasteiger partial charge is 0.417 e. The van der Waals surface area contributed by atoms with Crippen LogP contribution in [0.15, 0.2) is 65.2 Å². The quantitative estimate of drug-likeness (QED) is 0.265. The number of alkyl halides is 3. The van der Waals surface area contributed by atoms with Gasteiger partial charge < -0.3 is 9.63 Å². The molecule has 0 aliphatic rings. The average Bonchev–Trinajstić information content (AvgIpc) is 3.35. The Morgan fingerprint density at radius 1 is 1.00 bits per heavy atom. The molecule has 198 valence electrons. The highest BCUT2D eigenvalue weighted by Gasteiger charge is 2.35. The normalized spacial score (nSPS) is 12.2. The molecule has 0 spiro atoms. The van der Waals surface area contributed by atoms with E-state index in [1.807, 2.05) is 0 Å². The van der Waals surface area contributed by atoms with Crippen LogP contribution in [0.1, 0.15) is 30.5 Å². The number of hydrogen-bond donors (Lipinski definition) is 1. The summed E-state index contributed by atoms with van der Waals surface area (Å²) in [6, 6.07) is 14.8. The Bertz CT molecular complexity index is 1490. The minimum Gasteiger partial charge on any atom is -0.480 e. The van der Waals surface area contributed by atoms with Gasteiger partial charge in [0.2, 0.25) is 5.82 Å². The zero-order valence-corrected chi connectivity index (χ0v) is 21.1. The fraction of sp³-hybridized carbons (Fsp3) is 0.250. The van der Waals surface area contributed by atoms with Crippen LogP contribution in [0.25, 0.3) is 34.0 Å². The average molecular weight is 528 g/mol. The summed E-state index contributed by atoms with van der Waals surface area (Å²) in [5, 5.41) is 13.2. The van der Waals surface area contributed by atoms with Crippen molar-refractivity contribution in [1.29, 1.82) is 0 Å². The Morgan fingerprint density at radius 3 is 2.32 bits per heavy atom. The second-order valence-electron chi connectivity index (χ2n) is 9.52. The molecular formula is C28H25F4N3O3. The van der Waals surface area contributed by atoms with E-state index in [2.05, 4.69) is 10.1 Å². The second-order valence-corrected chi connectivity index (χ2v) is 9.52. The minimum absolute atomic E-state index is 0.00112. The molecular weight excluding hydrogens is 502 g/mol. The van der Waals surface area contributed by atoms with Gasteiger partial charge in [-0.25, -0.2) is 4.39 Å². The maximum Gasteiger partial charge on any atom is 0.417 e. The van der Waals surface area contributed by atoms with Crippen LogP contribution in [0.3, 0.4) is 0 Å². The van der Waals surface area contributed by atoms with Crippen LogP contribution in [-0.4, -0.2) is 38.7 Å². The van der Waals surface area contributed by atoms with Crippen LogP contribution < -0.4 is 0 Å². The van der Waals surface area contributed by atoms with Crippen molar-refractivity contribution in [3.63, 3.8) is 0 Å². The molecule has 0 unspecified atom stereocenters. The SMILES string of the molecule is Cc1ccccc1-c1ccc(-c2nc(-c3ccc(CN(C)C(C)(C)C(=O)O)c(F)c3)no2)cc1C(F)(F)F. The molecule has 0 fully saturated rings. The van der Waals surface area contributed by atoms with Crippen molar-refractivity contribution in [2.45, 2.75) is 39.0 Å². The maximum atomic E-state index is 14.9. The highest BCUT2D eigenvalue weighted by atomic mass is 19.4. The fourth-order valence-electron chi connectivity index (χ4n) is 3.91. The van der Waals surface area contributed by atoms with Gasteiger partial charge in [0.25, 0.3) is 5.89 Å². The summed E-state index contributed by atoms with van der Waals surface area (Å²) < 4.78 is 62.0. The Morgan fingerprint density at radius 2 is 1.68 bits per heavy atom. The first-order valence-corrected chi connectivity index (χ1v) is 11.6. The minimum atomic E-state index is -4.63. The number of aryl methyl sites for hydroxylation is 1. The monoisotopic (exact) mass is 527 g/mol. The molecule has 1 heterocycles. The summed E-state index contributed by atoms with van der Waals surface area (Å²) in [6.07, 6.45) is -4.63. The van der Waals surface area contributed by atoms with E-state index in [-0.39, 0.29) is 40.5 Å². The molecule has 0 atom stereocenters. The molecule has 4 aromatic rings. The molecule has 0 saturated carbocycles. The predicted octanol–water partition coefficient (Wildman–Crippen LogP) is 6.83. The Balaban J connectivity index is 1.64. The van der Waals surface area contributed by atoms with Gasteiger partial charge in [-0.2, -0.15) is 18.2 Å². The van der Waals surface area contributed by atoms with E-state index in [4.69, 9.17) is 4.52 Å². The van der Waals surface area contributed by atoms with Gasteiger partial charge in [0.05, 0.1) is 5.56 Å². The van der Waals surface area contributed by atoms with Crippen LogP contribution in [-0.2, 0) is 17.5 Å². The van der Waals surface area contributed by atoms with E-state index in [0.29, 0.717) is 11.1 Å². The van der Waals surface area contributed by atoms with Crippen LogP contribution in [0.4, 0.5) is 17.6 Å². The van der Waals surface area contributed by atoms with Gasteiger partial charge in [0.1, 0.15) is 11.4 Å². The van der Waals surface area contributed by atoms with Crippen molar-refractivity contribution in [2.24, 2.45) is 0 Å². The fourth-order valence-corrected chi connectivity index (χ4v) is 3.91. The molecule has 0 aliphatic heterocycles. The van der Waals surface area contributed by atoms with Gasteiger partial charge in [-0.15, -0.1) is 0 Å². The summed E-state index contributed by atoms with van der Waals surface area (Å²) in [6.45, 7) is 4.81. The number of likely N-dealkylation sites (N-methyl/N-ethyl adjacent to an activating group) is 1. The zero-order valence-electron chi connectivity index (χ0n) is 21.1. The highest BCUT2D eigenvalue weighted by Crippen LogP contribution is 2.40. The number of halogens is 4. The first-order valence-electron chi connectivity index (χ1n) is 11.6. The van der Waals surface area contributed by atoms with E-state index in [9.17, 15) is 27.5 Å². The van der Waals surface area contributed by atoms with Crippen LogP contribution >= 0.6 is 0 Å². The number of carboxylic acids is 1. The lowest BCUT2D eigenvalue weighted by Crippen LogP contribution is -2.47. The molecule has 4 rings (SSSR count). The highest BCUT2D eigenvalue weighted by molar-refractivity contribution is 5.77. The first-order chi connectivity index (χ1) is 17.8. The van der Waals surface area contributed by atoms with Crippen LogP contribution in [0.2, 0.25) is 0 Å². The molecule has 3 aromatic carbocycles. The van der Waals surface area contributed by atoms with Crippen molar-refractivity contribution < 1.29 is 32.0 Å². The summed E-state index contributed by atoms with van der Waals surface area (Å²) in [5.74, 6) is -1.80. The Hall–Kier alpha value is -4.05. The Labute approximate surface area is 216 Å². The number of carboxylic acid groups (broad SMARTS) is 1. The molecule has 1 N–H and O–H groups in total. The molecule has 0 amide bonds. The summed E-state index contributed by atoms with van der Waals surface area (Å²) >= 11 is 0. The number of nitrogens with zero attached hydrogens (tertiary/aromatic N) is 3. The largest absolute Gasteiger partial charge is 0.480 e. The van der Waals surface area contributed by atoms with Gasteiger partial charge in [-0.1, -0.05) is 47.6 Å². The Kier molecular flexibility index (Phi) is 7.12. The lowest BCUT2D eigenvalue weighted by atomic mass is 9.94. The second kappa shape index (κ2) is 10.0. The van der Waals surface area contributed by atoms with Crippen molar-refractivity contribution in [2.75, 3.05) is 7.05 Å². The van der Waals surface area contributed by atoms with Crippen molar-refractivity contribution >= 4 is 5.97 Å². The molecule has 0 bridgehead atoms. The number of aromatic nitrogens is 2. The molecule has 1 aromatic heterocycles. The topological polar surface area (TPSA) is 79.5 Å². The van der Waals surface area contributed by atoms with Gasteiger partial charge in [0.15, 0.2) is 0 Å². The molecule has 6 nitrogen and oxygen atoms in total. The van der Waals surface area contributed by atoms with E-state index in [1.165, 1.54) is 49.1 Å². The van der Waals surface area contributed by atoms with Crippen molar-refractivity contribution in [3.05, 3.63) is 83.2 Å². The van der Waals surface area contributed by atoms with E-state index in [0.717, 1.165) is 6.07 Å². The molecule has 10 heteroatoms. The lowest BCUT2D eigenvalue weighted by Gasteiger charge is -2.31. The summed E-state index contributed by atoms with van der Waals surface area (Å²) in [5.41, 5.74) is -0.259. The first kappa shape index (κ1) is 27.0. The number of hydrogen-bond acceptors (Lipinski definition) is 5. The van der Waals surface area contributed by atoms with Gasteiger partial charge in [-0.3, -0.25) is 9.69 Å². The van der Waals surface area contributed by atoms with Crippen LogP contribution in [0, 0.1) is 12.7 Å². The lowest BCUT2D eigenvalue weighted by molar-refractivity contribution is -0.148. The van der Waals surface area contributed by atoms with Gasteiger partial charge in [-0.05, 0) is 62.7 Å². The number of benzene rings is 3. The third-order valence-electron chi connectivity index (χ3n) is 6.63.